The number of hydrogen-bond acceptors (Lipinski definition) is 4. The summed E-state index contributed by atoms with van der Waals surface area (Å²) < 4.78 is 18.5. The van der Waals surface area contributed by atoms with E-state index in [1.807, 2.05) is 36.9 Å². The molecule has 0 bridgehead atoms. The predicted molar refractivity (Wildman–Crippen MR) is 114 cm³/mol. The van der Waals surface area contributed by atoms with Gasteiger partial charge in [0.1, 0.15) is 11.6 Å². The molecular formula is C22H25ClFN3O3. The molecule has 8 heteroatoms. The number of anilines is 1. The van der Waals surface area contributed by atoms with E-state index in [1.54, 1.807) is 4.90 Å². The smallest absolute Gasteiger partial charge is 0.260 e. The van der Waals surface area contributed by atoms with Gasteiger partial charge in [-0.2, -0.15) is 0 Å². The first-order valence-electron chi connectivity index (χ1n) is 9.77. The van der Waals surface area contributed by atoms with Crippen LogP contribution in [0.15, 0.2) is 36.4 Å². The maximum Gasteiger partial charge on any atom is 0.260 e. The second-order valence-electron chi connectivity index (χ2n) is 7.32. The summed E-state index contributed by atoms with van der Waals surface area (Å²) in [6, 6.07) is 9.59. The van der Waals surface area contributed by atoms with Gasteiger partial charge in [-0.25, -0.2) is 4.39 Å². The molecule has 1 saturated heterocycles. The van der Waals surface area contributed by atoms with E-state index in [-0.39, 0.29) is 35.7 Å². The van der Waals surface area contributed by atoms with Crippen LogP contribution in [0.25, 0.3) is 0 Å². The second kappa shape index (κ2) is 9.91. The van der Waals surface area contributed by atoms with Crippen LogP contribution in [0.3, 0.4) is 0 Å². The molecule has 2 aromatic rings. The lowest BCUT2D eigenvalue weighted by Gasteiger charge is -2.34. The van der Waals surface area contributed by atoms with Crippen molar-refractivity contribution in [2.24, 2.45) is 0 Å². The molecule has 0 unspecified atom stereocenters. The SMILES string of the molecule is Cc1cccc(NC(=O)CN2CCN(C(=O)COc3ccc(F)cc3Cl)CC2)c1C. The molecule has 160 valence electrons. The monoisotopic (exact) mass is 433 g/mol. The molecule has 1 aliphatic rings. The van der Waals surface area contributed by atoms with Gasteiger partial charge in [0.25, 0.3) is 5.91 Å². The molecule has 0 saturated carbocycles. The molecule has 1 N–H and O–H groups in total. The minimum Gasteiger partial charge on any atom is -0.482 e. The molecule has 0 spiro atoms. The third kappa shape index (κ3) is 5.70. The summed E-state index contributed by atoms with van der Waals surface area (Å²) in [5.41, 5.74) is 3.01. The minimum absolute atomic E-state index is 0.0715. The average molecular weight is 434 g/mol. The molecule has 6 nitrogen and oxygen atoms in total. The molecule has 30 heavy (non-hydrogen) atoms. The maximum atomic E-state index is 13.1. The Labute approximate surface area is 180 Å². The first-order chi connectivity index (χ1) is 14.3. The zero-order valence-electron chi connectivity index (χ0n) is 17.1. The predicted octanol–water partition coefficient (Wildman–Crippen LogP) is 3.26. The lowest BCUT2D eigenvalue weighted by Crippen LogP contribution is -2.51. The van der Waals surface area contributed by atoms with E-state index >= 15 is 0 Å². The van der Waals surface area contributed by atoms with Gasteiger partial charge < -0.3 is 15.0 Å². The van der Waals surface area contributed by atoms with Crippen molar-refractivity contribution in [3.63, 3.8) is 0 Å². The van der Waals surface area contributed by atoms with E-state index in [0.717, 1.165) is 22.9 Å². The number of halogens is 2. The first-order valence-corrected chi connectivity index (χ1v) is 10.2. The van der Waals surface area contributed by atoms with Crippen LogP contribution in [0.5, 0.6) is 5.75 Å². The van der Waals surface area contributed by atoms with Gasteiger partial charge in [0.2, 0.25) is 5.91 Å². The number of benzene rings is 2. The number of ether oxygens (including phenoxy) is 1. The van der Waals surface area contributed by atoms with Crippen LogP contribution in [0.1, 0.15) is 11.1 Å². The fourth-order valence-electron chi connectivity index (χ4n) is 3.26. The maximum absolute atomic E-state index is 13.1. The highest BCUT2D eigenvalue weighted by atomic mass is 35.5. The van der Waals surface area contributed by atoms with Gasteiger partial charge in [0.15, 0.2) is 6.61 Å². The highest BCUT2D eigenvalue weighted by Gasteiger charge is 2.23. The summed E-state index contributed by atoms with van der Waals surface area (Å²) in [6.07, 6.45) is 0. The summed E-state index contributed by atoms with van der Waals surface area (Å²) in [5.74, 6) is -0.433. The fourth-order valence-corrected chi connectivity index (χ4v) is 3.48. The quantitative estimate of drug-likeness (QED) is 0.759. The van der Waals surface area contributed by atoms with Crippen molar-refractivity contribution in [1.29, 1.82) is 0 Å². The van der Waals surface area contributed by atoms with Crippen LogP contribution >= 0.6 is 11.6 Å². The zero-order chi connectivity index (χ0) is 21.7. The number of hydrogen-bond donors (Lipinski definition) is 1. The molecule has 0 radical (unpaired) electrons. The molecule has 1 heterocycles. The topological polar surface area (TPSA) is 61.9 Å². The van der Waals surface area contributed by atoms with Crippen LogP contribution < -0.4 is 10.1 Å². The van der Waals surface area contributed by atoms with Crippen molar-refractivity contribution in [3.05, 3.63) is 58.4 Å². The fraction of sp³-hybridized carbons (Fsp3) is 0.364. The molecule has 0 aromatic heterocycles. The van der Waals surface area contributed by atoms with E-state index in [1.165, 1.54) is 12.1 Å². The third-order valence-corrected chi connectivity index (χ3v) is 5.51. The van der Waals surface area contributed by atoms with Gasteiger partial charge >= 0.3 is 0 Å². The van der Waals surface area contributed by atoms with Crippen molar-refractivity contribution >= 4 is 29.1 Å². The summed E-state index contributed by atoms with van der Waals surface area (Å²) in [7, 11) is 0. The Morgan fingerprint density at radius 2 is 1.87 bits per heavy atom. The molecule has 2 aromatic carbocycles. The summed E-state index contributed by atoms with van der Waals surface area (Å²) in [6.45, 7) is 6.32. The van der Waals surface area contributed by atoms with Crippen molar-refractivity contribution < 1.29 is 18.7 Å². The van der Waals surface area contributed by atoms with Crippen molar-refractivity contribution in [2.75, 3.05) is 44.6 Å². The molecule has 0 atom stereocenters. The number of amides is 2. The van der Waals surface area contributed by atoms with Crippen LogP contribution in [0, 0.1) is 19.7 Å². The number of carbonyl (C=O) groups is 2. The van der Waals surface area contributed by atoms with E-state index in [9.17, 15) is 14.0 Å². The molecule has 3 rings (SSSR count). The third-order valence-electron chi connectivity index (χ3n) is 5.22. The Bertz CT molecular complexity index is 930. The molecule has 1 aliphatic heterocycles. The van der Waals surface area contributed by atoms with Crippen LogP contribution in [0.4, 0.5) is 10.1 Å². The van der Waals surface area contributed by atoms with Crippen molar-refractivity contribution in [1.82, 2.24) is 9.80 Å². The average Bonchev–Trinajstić information content (AvgIpc) is 2.71. The normalized spacial score (nSPS) is 14.5. The lowest BCUT2D eigenvalue weighted by molar-refractivity contribution is -0.135. The second-order valence-corrected chi connectivity index (χ2v) is 7.72. The Hall–Kier alpha value is -2.64. The zero-order valence-corrected chi connectivity index (χ0v) is 17.8. The van der Waals surface area contributed by atoms with Crippen LogP contribution in [0.2, 0.25) is 5.02 Å². The van der Waals surface area contributed by atoms with Crippen LogP contribution in [-0.4, -0.2) is 60.9 Å². The number of nitrogens with one attached hydrogen (secondary N) is 1. The molecule has 0 aliphatic carbocycles. The minimum atomic E-state index is -0.462. The summed E-state index contributed by atoms with van der Waals surface area (Å²) in [5, 5.41) is 3.09. The highest BCUT2D eigenvalue weighted by molar-refractivity contribution is 6.32. The largest absolute Gasteiger partial charge is 0.482 e. The number of piperazine rings is 1. The van der Waals surface area contributed by atoms with Gasteiger partial charge in [0.05, 0.1) is 11.6 Å². The van der Waals surface area contributed by atoms with Gasteiger partial charge in [0, 0.05) is 31.9 Å². The van der Waals surface area contributed by atoms with E-state index in [0.29, 0.717) is 26.2 Å². The van der Waals surface area contributed by atoms with Gasteiger partial charge in [-0.15, -0.1) is 0 Å². The molecule has 1 fully saturated rings. The van der Waals surface area contributed by atoms with E-state index in [2.05, 4.69) is 5.32 Å². The van der Waals surface area contributed by atoms with Gasteiger partial charge in [-0.3, -0.25) is 14.5 Å². The Morgan fingerprint density at radius 3 is 2.57 bits per heavy atom. The first kappa shape index (κ1) is 22.1. The van der Waals surface area contributed by atoms with Gasteiger partial charge in [-0.1, -0.05) is 23.7 Å². The van der Waals surface area contributed by atoms with E-state index < -0.39 is 5.82 Å². The Balaban J connectivity index is 1.43. The number of aryl methyl sites for hydroxylation is 1. The lowest BCUT2D eigenvalue weighted by atomic mass is 10.1. The van der Waals surface area contributed by atoms with Crippen molar-refractivity contribution in [2.45, 2.75) is 13.8 Å². The van der Waals surface area contributed by atoms with Gasteiger partial charge in [-0.05, 0) is 49.2 Å². The Morgan fingerprint density at radius 1 is 1.13 bits per heavy atom. The Kier molecular flexibility index (Phi) is 7.29. The molecular weight excluding hydrogens is 409 g/mol. The number of nitrogens with zero attached hydrogens (tertiary/aromatic N) is 2. The number of rotatable bonds is 6. The van der Waals surface area contributed by atoms with E-state index in [4.69, 9.17) is 16.3 Å². The summed E-state index contributed by atoms with van der Waals surface area (Å²) >= 11 is 5.91. The molecule has 2 amide bonds. The number of carbonyl (C=O) groups excluding carboxylic acids is 2. The highest BCUT2D eigenvalue weighted by Crippen LogP contribution is 2.25. The van der Waals surface area contributed by atoms with Crippen LogP contribution in [-0.2, 0) is 9.59 Å². The standard InChI is InChI=1S/C22H25ClFN3O3/c1-15-4-3-5-19(16(15)2)25-21(28)13-26-8-10-27(11-9-26)22(29)14-30-20-7-6-17(24)12-18(20)23/h3-7,12H,8-11,13-14H2,1-2H3,(H,25,28). The van der Waals surface area contributed by atoms with Crippen molar-refractivity contribution in [3.8, 4) is 5.75 Å². The summed E-state index contributed by atoms with van der Waals surface area (Å²) in [4.78, 5) is 28.5.